The summed E-state index contributed by atoms with van der Waals surface area (Å²) >= 11 is 0. The molecule has 1 N–H and O–H groups in total. The van der Waals surface area contributed by atoms with E-state index in [1.54, 1.807) is 7.11 Å². The summed E-state index contributed by atoms with van der Waals surface area (Å²) in [7, 11) is 1.62. The SMILES string of the molecule is CCCCCC(O)CC(=O)CCc1ccc(OC2CCCCO2)c(OC)c1. The Hall–Kier alpha value is -1.59. The number of benzene rings is 1. The van der Waals surface area contributed by atoms with Gasteiger partial charge in [0.2, 0.25) is 0 Å². The highest BCUT2D eigenvalue weighted by molar-refractivity contribution is 5.79. The van der Waals surface area contributed by atoms with Crippen molar-refractivity contribution < 1.29 is 24.1 Å². The van der Waals surface area contributed by atoms with Gasteiger partial charge in [0.25, 0.3) is 0 Å². The van der Waals surface area contributed by atoms with Crippen molar-refractivity contribution in [1.29, 1.82) is 0 Å². The first kappa shape index (κ1) is 21.7. The lowest BCUT2D eigenvalue weighted by Crippen LogP contribution is -2.25. The summed E-state index contributed by atoms with van der Waals surface area (Å²) in [6, 6.07) is 5.77. The van der Waals surface area contributed by atoms with Gasteiger partial charge in [0.1, 0.15) is 5.78 Å². The second kappa shape index (κ2) is 12.0. The lowest BCUT2D eigenvalue weighted by molar-refractivity contribution is -0.121. The molecule has 1 aromatic rings. The fourth-order valence-electron chi connectivity index (χ4n) is 3.29. The molecule has 0 amide bonds. The van der Waals surface area contributed by atoms with Gasteiger partial charge in [0.15, 0.2) is 17.8 Å². The molecule has 5 heteroatoms. The molecule has 0 radical (unpaired) electrons. The molecule has 1 saturated heterocycles. The average molecular weight is 379 g/mol. The van der Waals surface area contributed by atoms with Crippen LogP contribution in [0.2, 0.25) is 0 Å². The molecule has 0 bridgehead atoms. The summed E-state index contributed by atoms with van der Waals surface area (Å²) in [4.78, 5) is 12.1. The Morgan fingerprint density at radius 3 is 2.85 bits per heavy atom. The maximum atomic E-state index is 12.1. The first-order valence-electron chi connectivity index (χ1n) is 10.3. The van der Waals surface area contributed by atoms with E-state index in [2.05, 4.69) is 6.92 Å². The van der Waals surface area contributed by atoms with Gasteiger partial charge < -0.3 is 19.3 Å². The zero-order chi connectivity index (χ0) is 19.5. The number of carbonyl (C=O) groups is 1. The number of ketones is 1. The summed E-state index contributed by atoms with van der Waals surface area (Å²) < 4.78 is 17.0. The number of hydrogen-bond acceptors (Lipinski definition) is 5. The first-order chi connectivity index (χ1) is 13.1. The average Bonchev–Trinajstić information content (AvgIpc) is 2.68. The van der Waals surface area contributed by atoms with Crippen molar-refractivity contribution in [2.45, 2.75) is 83.5 Å². The Labute approximate surface area is 163 Å². The molecule has 1 aromatic carbocycles. The summed E-state index contributed by atoms with van der Waals surface area (Å²) in [6.07, 6.45) is 7.59. The molecule has 152 valence electrons. The molecule has 0 aromatic heterocycles. The van der Waals surface area contributed by atoms with Gasteiger partial charge in [-0.05, 0) is 43.4 Å². The van der Waals surface area contributed by atoms with Crippen molar-refractivity contribution in [3.05, 3.63) is 23.8 Å². The Morgan fingerprint density at radius 2 is 2.15 bits per heavy atom. The number of unbranched alkanes of at least 4 members (excludes halogenated alkanes) is 2. The van der Waals surface area contributed by atoms with Crippen LogP contribution in [0.25, 0.3) is 0 Å². The smallest absolute Gasteiger partial charge is 0.200 e. The molecular formula is C22H34O5. The monoisotopic (exact) mass is 378 g/mol. The molecule has 0 aliphatic carbocycles. The first-order valence-corrected chi connectivity index (χ1v) is 10.3. The minimum atomic E-state index is -0.509. The van der Waals surface area contributed by atoms with Crippen molar-refractivity contribution >= 4 is 5.78 Å². The van der Waals surface area contributed by atoms with Crippen LogP contribution < -0.4 is 9.47 Å². The Morgan fingerprint density at radius 1 is 1.30 bits per heavy atom. The van der Waals surface area contributed by atoms with E-state index in [0.29, 0.717) is 30.8 Å². The standard InChI is InChI=1S/C22H34O5/c1-3-4-5-8-18(23)16-19(24)12-10-17-11-13-20(21(15-17)25-2)27-22-9-6-7-14-26-22/h11,13,15,18,22-23H,3-10,12,14,16H2,1-2H3. The predicted octanol–water partition coefficient (Wildman–Crippen LogP) is 4.43. The van der Waals surface area contributed by atoms with Gasteiger partial charge in [0, 0.05) is 19.3 Å². The second-order valence-electron chi connectivity index (χ2n) is 7.29. The van der Waals surface area contributed by atoms with Crippen LogP contribution in [0.4, 0.5) is 0 Å². The van der Waals surface area contributed by atoms with Crippen LogP contribution in [0, 0.1) is 0 Å². The largest absolute Gasteiger partial charge is 0.493 e. The van der Waals surface area contributed by atoms with E-state index < -0.39 is 6.10 Å². The van der Waals surface area contributed by atoms with E-state index in [1.165, 1.54) is 0 Å². The minimum absolute atomic E-state index is 0.105. The van der Waals surface area contributed by atoms with Crippen molar-refractivity contribution in [3.63, 3.8) is 0 Å². The highest BCUT2D eigenvalue weighted by Gasteiger charge is 2.18. The maximum absolute atomic E-state index is 12.1. The third-order valence-corrected chi connectivity index (χ3v) is 4.92. The van der Waals surface area contributed by atoms with Gasteiger partial charge in [-0.3, -0.25) is 4.79 Å². The van der Waals surface area contributed by atoms with Crippen LogP contribution in [0.5, 0.6) is 11.5 Å². The number of hydrogen-bond donors (Lipinski definition) is 1. The van der Waals surface area contributed by atoms with E-state index in [4.69, 9.17) is 14.2 Å². The topological polar surface area (TPSA) is 65.0 Å². The molecule has 2 atom stereocenters. The van der Waals surface area contributed by atoms with Gasteiger partial charge in [-0.2, -0.15) is 0 Å². The van der Waals surface area contributed by atoms with Gasteiger partial charge in [-0.1, -0.05) is 32.3 Å². The summed E-state index contributed by atoms with van der Waals surface area (Å²) in [5, 5.41) is 9.95. The fraction of sp³-hybridized carbons (Fsp3) is 0.682. The minimum Gasteiger partial charge on any atom is -0.493 e. The predicted molar refractivity (Wildman–Crippen MR) is 105 cm³/mol. The molecule has 0 saturated carbocycles. The molecule has 1 heterocycles. The Balaban J connectivity index is 1.81. The third kappa shape index (κ3) is 7.89. The van der Waals surface area contributed by atoms with Crippen molar-refractivity contribution in [3.8, 4) is 11.5 Å². The van der Waals surface area contributed by atoms with Crippen molar-refractivity contribution in [1.82, 2.24) is 0 Å². The van der Waals surface area contributed by atoms with E-state index >= 15 is 0 Å². The molecule has 0 spiro atoms. The molecule has 1 fully saturated rings. The molecule has 1 aliphatic rings. The number of aliphatic hydroxyl groups excluding tert-OH is 1. The lowest BCUT2D eigenvalue weighted by Gasteiger charge is -2.24. The number of aryl methyl sites for hydroxylation is 1. The number of carbonyl (C=O) groups excluding carboxylic acids is 1. The van der Waals surface area contributed by atoms with Gasteiger partial charge in [-0.25, -0.2) is 0 Å². The van der Waals surface area contributed by atoms with Crippen LogP contribution in [-0.2, 0) is 16.0 Å². The normalized spacial score (nSPS) is 18.1. The number of Topliss-reactive ketones (excluding diaryl/α,β-unsaturated/α-hetero) is 1. The Kier molecular flexibility index (Phi) is 9.64. The van der Waals surface area contributed by atoms with Crippen LogP contribution >= 0.6 is 0 Å². The summed E-state index contributed by atoms with van der Waals surface area (Å²) in [5.41, 5.74) is 1.03. The van der Waals surface area contributed by atoms with Crippen LogP contribution in [0.3, 0.4) is 0 Å². The number of rotatable bonds is 12. The van der Waals surface area contributed by atoms with Crippen LogP contribution in [-0.4, -0.2) is 37.0 Å². The van der Waals surface area contributed by atoms with E-state index in [1.807, 2.05) is 18.2 Å². The molecule has 1 aliphatic heterocycles. The van der Waals surface area contributed by atoms with Crippen LogP contribution in [0.15, 0.2) is 18.2 Å². The maximum Gasteiger partial charge on any atom is 0.200 e. The molecule has 27 heavy (non-hydrogen) atoms. The van der Waals surface area contributed by atoms with Crippen molar-refractivity contribution in [2.75, 3.05) is 13.7 Å². The number of methoxy groups -OCH3 is 1. The van der Waals surface area contributed by atoms with Gasteiger partial charge >= 0.3 is 0 Å². The summed E-state index contributed by atoms with van der Waals surface area (Å²) in [6.45, 7) is 2.86. The zero-order valence-corrected chi connectivity index (χ0v) is 16.7. The van der Waals surface area contributed by atoms with Gasteiger partial charge in [-0.15, -0.1) is 0 Å². The van der Waals surface area contributed by atoms with E-state index in [0.717, 1.165) is 50.7 Å². The van der Waals surface area contributed by atoms with Crippen LogP contribution in [0.1, 0.15) is 70.3 Å². The highest BCUT2D eigenvalue weighted by atomic mass is 16.7. The lowest BCUT2D eigenvalue weighted by atomic mass is 10.0. The molecule has 2 unspecified atom stereocenters. The van der Waals surface area contributed by atoms with E-state index in [-0.39, 0.29) is 18.5 Å². The second-order valence-corrected chi connectivity index (χ2v) is 7.29. The molecule has 2 rings (SSSR count). The molecular weight excluding hydrogens is 344 g/mol. The fourth-order valence-corrected chi connectivity index (χ4v) is 3.29. The van der Waals surface area contributed by atoms with Crippen molar-refractivity contribution in [2.24, 2.45) is 0 Å². The quantitative estimate of drug-likeness (QED) is 0.545. The zero-order valence-electron chi connectivity index (χ0n) is 16.7. The summed E-state index contributed by atoms with van der Waals surface area (Å²) in [5.74, 6) is 1.44. The van der Waals surface area contributed by atoms with Gasteiger partial charge in [0.05, 0.1) is 19.8 Å². The third-order valence-electron chi connectivity index (χ3n) is 4.92. The highest BCUT2D eigenvalue weighted by Crippen LogP contribution is 2.31. The van der Waals surface area contributed by atoms with E-state index in [9.17, 15) is 9.90 Å². The molecule has 5 nitrogen and oxygen atoms in total. The Bertz CT molecular complexity index is 566. The number of ether oxygens (including phenoxy) is 3. The number of aliphatic hydroxyl groups is 1.